The maximum atomic E-state index is 12.9. The van der Waals surface area contributed by atoms with Gasteiger partial charge < -0.3 is 11.1 Å². The minimum Gasteiger partial charge on any atom is -0.397 e. The van der Waals surface area contributed by atoms with Crippen LogP contribution in [-0.4, -0.2) is 30.4 Å². The van der Waals surface area contributed by atoms with Gasteiger partial charge in [-0.25, -0.2) is 4.39 Å². The second-order valence-corrected chi connectivity index (χ2v) is 5.08. The Labute approximate surface area is 120 Å². The average Bonchev–Trinajstić information content (AvgIpc) is 2.41. The number of rotatable bonds is 7. The van der Waals surface area contributed by atoms with E-state index in [-0.39, 0.29) is 17.6 Å². The molecule has 1 aromatic rings. The number of nitrogens with zero attached hydrogens (tertiary/aromatic N) is 1. The number of carbonyl (C=O) groups is 1. The lowest BCUT2D eigenvalue weighted by atomic mass is 10.2. The van der Waals surface area contributed by atoms with Gasteiger partial charge in [0.2, 0.25) is 5.91 Å². The molecule has 1 unspecified atom stereocenters. The average molecular weight is 281 g/mol. The van der Waals surface area contributed by atoms with Crippen molar-refractivity contribution in [2.45, 2.75) is 39.2 Å². The maximum absolute atomic E-state index is 12.9. The fourth-order valence-corrected chi connectivity index (χ4v) is 1.89. The van der Waals surface area contributed by atoms with Gasteiger partial charge in [0.25, 0.3) is 0 Å². The topological polar surface area (TPSA) is 58.4 Å². The van der Waals surface area contributed by atoms with Gasteiger partial charge in [0.15, 0.2) is 0 Å². The van der Waals surface area contributed by atoms with E-state index in [1.807, 2.05) is 18.9 Å². The van der Waals surface area contributed by atoms with E-state index in [0.29, 0.717) is 5.69 Å². The molecule has 0 bridgehead atoms. The zero-order valence-corrected chi connectivity index (χ0v) is 12.4. The molecule has 112 valence electrons. The van der Waals surface area contributed by atoms with Crippen LogP contribution in [0, 0.1) is 5.82 Å². The molecule has 0 heterocycles. The summed E-state index contributed by atoms with van der Waals surface area (Å²) in [6, 6.07) is 3.70. The first-order valence-corrected chi connectivity index (χ1v) is 7.01. The number of hydrogen-bond donors (Lipinski definition) is 2. The molecule has 0 saturated heterocycles. The van der Waals surface area contributed by atoms with Gasteiger partial charge in [0, 0.05) is 0 Å². The number of likely N-dealkylation sites (N-methyl/N-ethyl adjacent to an activating group) is 1. The van der Waals surface area contributed by atoms with Gasteiger partial charge in [-0.3, -0.25) is 9.69 Å². The first-order valence-electron chi connectivity index (χ1n) is 7.01. The Balaban J connectivity index is 2.56. The molecule has 0 aromatic heterocycles. The Kier molecular flexibility index (Phi) is 6.45. The van der Waals surface area contributed by atoms with Gasteiger partial charge in [-0.2, -0.15) is 0 Å². The molecule has 3 N–H and O–H groups in total. The highest BCUT2D eigenvalue weighted by molar-refractivity contribution is 5.97. The quantitative estimate of drug-likeness (QED) is 0.597. The molecule has 0 saturated carbocycles. The number of benzene rings is 1. The van der Waals surface area contributed by atoms with Crippen molar-refractivity contribution in [3.63, 3.8) is 0 Å². The van der Waals surface area contributed by atoms with E-state index in [4.69, 9.17) is 5.73 Å². The van der Waals surface area contributed by atoms with E-state index in [1.165, 1.54) is 18.2 Å². The fraction of sp³-hybridized carbons (Fsp3) is 0.533. The maximum Gasteiger partial charge on any atom is 0.241 e. The van der Waals surface area contributed by atoms with E-state index >= 15 is 0 Å². The third-order valence-electron chi connectivity index (χ3n) is 3.43. The van der Waals surface area contributed by atoms with Crippen molar-refractivity contribution in [2.24, 2.45) is 0 Å². The third-order valence-corrected chi connectivity index (χ3v) is 3.43. The van der Waals surface area contributed by atoms with Crippen molar-refractivity contribution in [3.05, 3.63) is 24.0 Å². The highest BCUT2D eigenvalue weighted by atomic mass is 19.1. The minimum atomic E-state index is -0.412. The second-order valence-electron chi connectivity index (χ2n) is 5.08. The zero-order valence-electron chi connectivity index (χ0n) is 12.4. The number of nitrogens with two attached hydrogens (primary N) is 1. The third kappa shape index (κ3) is 4.81. The SMILES string of the molecule is CCCCCN(C)C(C)C(=O)Nc1ccc(F)cc1N. The van der Waals surface area contributed by atoms with E-state index in [2.05, 4.69) is 12.2 Å². The summed E-state index contributed by atoms with van der Waals surface area (Å²) in [4.78, 5) is 14.1. The van der Waals surface area contributed by atoms with Crippen LogP contribution < -0.4 is 11.1 Å². The van der Waals surface area contributed by atoms with Crippen molar-refractivity contribution >= 4 is 17.3 Å². The minimum absolute atomic E-state index is 0.137. The molecule has 0 spiro atoms. The number of nitrogens with one attached hydrogen (secondary N) is 1. The van der Waals surface area contributed by atoms with Crippen molar-refractivity contribution in [1.82, 2.24) is 4.90 Å². The van der Waals surface area contributed by atoms with Gasteiger partial charge in [-0.15, -0.1) is 0 Å². The lowest BCUT2D eigenvalue weighted by Crippen LogP contribution is -2.40. The number of carbonyl (C=O) groups excluding carboxylic acids is 1. The fourth-order valence-electron chi connectivity index (χ4n) is 1.89. The van der Waals surface area contributed by atoms with Crippen LogP contribution in [-0.2, 0) is 4.79 Å². The van der Waals surface area contributed by atoms with Crippen LogP contribution in [0.15, 0.2) is 18.2 Å². The van der Waals surface area contributed by atoms with Gasteiger partial charge in [0.1, 0.15) is 5.82 Å². The molecule has 0 fully saturated rings. The van der Waals surface area contributed by atoms with E-state index in [0.717, 1.165) is 25.8 Å². The Hall–Kier alpha value is -1.62. The molecular formula is C15H24FN3O. The summed E-state index contributed by atoms with van der Waals surface area (Å²) < 4.78 is 12.9. The number of hydrogen-bond acceptors (Lipinski definition) is 3. The lowest BCUT2D eigenvalue weighted by Gasteiger charge is -2.24. The number of halogens is 1. The number of anilines is 2. The number of nitrogen functional groups attached to an aromatic ring is 1. The Bertz CT molecular complexity index is 451. The van der Waals surface area contributed by atoms with Crippen molar-refractivity contribution in [1.29, 1.82) is 0 Å². The summed E-state index contributed by atoms with van der Waals surface area (Å²) in [6.45, 7) is 4.87. The molecule has 4 nitrogen and oxygen atoms in total. The van der Waals surface area contributed by atoms with Crippen molar-refractivity contribution in [2.75, 3.05) is 24.6 Å². The van der Waals surface area contributed by atoms with Crippen LogP contribution in [0.3, 0.4) is 0 Å². The largest absolute Gasteiger partial charge is 0.397 e. The zero-order chi connectivity index (χ0) is 15.1. The molecule has 20 heavy (non-hydrogen) atoms. The summed E-state index contributed by atoms with van der Waals surface area (Å²) in [5, 5.41) is 2.74. The lowest BCUT2D eigenvalue weighted by molar-refractivity contribution is -0.120. The number of amides is 1. The smallest absolute Gasteiger partial charge is 0.241 e. The summed E-state index contributed by atoms with van der Waals surface area (Å²) in [5.41, 5.74) is 6.36. The predicted octanol–water partition coefficient (Wildman–Crippen LogP) is 2.86. The Morgan fingerprint density at radius 3 is 2.75 bits per heavy atom. The van der Waals surface area contributed by atoms with Gasteiger partial charge in [0.05, 0.1) is 17.4 Å². The van der Waals surface area contributed by atoms with E-state index in [9.17, 15) is 9.18 Å². The highest BCUT2D eigenvalue weighted by Crippen LogP contribution is 2.19. The molecule has 0 aliphatic carbocycles. The molecule has 1 aromatic carbocycles. The van der Waals surface area contributed by atoms with E-state index in [1.54, 1.807) is 0 Å². The predicted molar refractivity (Wildman–Crippen MR) is 81.1 cm³/mol. The van der Waals surface area contributed by atoms with Crippen LogP contribution in [0.5, 0.6) is 0 Å². The first-order chi connectivity index (χ1) is 9.45. The van der Waals surface area contributed by atoms with Crippen LogP contribution in [0.2, 0.25) is 0 Å². The Morgan fingerprint density at radius 1 is 1.45 bits per heavy atom. The molecule has 0 aliphatic rings. The summed E-state index contributed by atoms with van der Waals surface area (Å²) >= 11 is 0. The molecule has 0 aliphatic heterocycles. The van der Waals surface area contributed by atoms with Crippen LogP contribution in [0.4, 0.5) is 15.8 Å². The van der Waals surface area contributed by atoms with Crippen LogP contribution >= 0.6 is 0 Å². The Morgan fingerprint density at radius 2 is 2.15 bits per heavy atom. The van der Waals surface area contributed by atoms with Crippen LogP contribution in [0.25, 0.3) is 0 Å². The molecule has 1 atom stereocenters. The monoisotopic (exact) mass is 281 g/mol. The summed E-state index contributed by atoms with van der Waals surface area (Å²) in [6.07, 6.45) is 3.38. The van der Waals surface area contributed by atoms with Crippen molar-refractivity contribution < 1.29 is 9.18 Å². The molecule has 5 heteroatoms. The molecule has 1 amide bonds. The van der Waals surface area contributed by atoms with Gasteiger partial charge in [-0.05, 0) is 45.1 Å². The van der Waals surface area contributed by atoms with E-state index < -0.39 is 5.82 Å². The molecule has 0 radical (unpaired) electrons. The summed E-state index contributed by atoms with van der Waals surface area (Å²) in [7, 11) is 1.92. The van der Waals surface area contributed by atoms with Gasteiger partial charge >= 0.3 is 0 Å². The van der Waals surface area contributed by atoms with Crippen molar-refractivity contribution in [3.8, 4) is 0 Å². The number of unbranched alkanes of at least 4 members (excludes halogenated alkanes) is 2. The first kappa shape index (κ1) is 16.4. The normalized spacial score (nSPS) is 12.4. The second kappa shape index (κ2) is 7.85. The van der Waals surface area contributed by atoms with Gasteiger partial charge in [-0.1, -0.05) is 19.8 Å². The van der Waals surface area contributed by atoms with Crippen LogP contribution in [0.1, 0.15) is 33.1 Å². The summed E-state index contributed by atoms with van der Waals surface area (Å²) in [5.74, 6) is -0.549. The molecular weight excluding hydrogens is 257 g/mol. The standard InChI is InChI=1S/C15H24FN3O/c1-4-5-6-9-19(3)11(2)15(20)18-14-8-7-12(16)10-13(14)17/h7-8,10-11H,4-6,9,17H2,1-3H3,(H,18,20). The highest BCUT2D eigenvalue weighted by Gasteiger charge is 2.18. The molecule has 1 rings (SSSR count).